The second-order valence-electron chi connectivity index (χ2n) is 10.4. The summed E-state index contributed by atoms with van der Waals surface area (Å²) < 4.78 is 41.9. The van der Waals surface area contributed by atoms with Crippen LogP contribution in [0.5, 0.6) is 0 Å². The Bertz CT molecular complexity index is 1710. The Balaban J connectivity index is 1.34. The molecule has 1 aliphatic rings. The lowest BCUT2D eigenvalue weighted by Gasteiger charge is -2.33. The number of carbonyl (C=O) groups is 1. The Morgan fingerprint density at radius 1 is 1.05 bits per heavy atom. The monoisotopic (exact) mass is 591 g/mol. The zero-order chi connectivity index (χ0) is 30.0. The molecule has 1 saturated heterocycles. The fraction of sp³-hybridized carbons (Fsp3) is 0.250. The predicted octanol–water partition coefficient (Wildman–Crippen LogP) is 6.20. The zero-order valence-electron chi connectivity index (χ0n) is 23.1. The standard InChI is InChI=1S/C32H29ClF3N5O/c1-20-15-22(4-3-21(20)7-10-27-28-16-25(33)8-5-23(28)18-38-30(27)37)31(42)39-26-9-6-24(29(17-26)32(34,35)36)19-41-13-11-40(2)12-14-41/h3-6,8-9,15-18H,11-14,19H2,1-2H3,(H2,37,38)(H,39,42). The lowest BCUT2D eigenvalue weighted by molar-refractivity contribution is -0.138. The number of nitrogens with zero attached hydrogens (tertiary/aromatic N) is 3. The van der Waals surface area contributed by atoms with Gasteiger partial charge in [-0.1, -0.05) is 35.6 Å². The van der Waals surface area contributed by atoms with Crippen molar-refractivity contribution >= 4 is 39.8 Å². The molecule has 1 aliphatic heterocycles. The highest BCUT2D eigenvalue weighted by Crippen LogP contribution is 2.35. The number of alkyl halides is 3. The summed E-state index contributed by atoms with van der Waals surface area (Å²) in [6.45, 7) is 5.02. The van der Waals surface area contributed by atoms with E-state index in [1.807, 2.05) is 18.0 Å². The number of aryl methyl sites for hydroxylation is 1. The molecule has 1 aromatic heterocycles. The van der Waals surface area contributed by atoms with Crippen molar-refractivity contribution in [1.29, 1.82) is 0 Å². The van der Waals surface area contributed by atoms with Crippen LogP contribution in [0.15, 0.2) is 60.8 Å². The minimum Gasteiger partial charge on any atom is -0.383 e. The van der Waals surface area contributed by atoms with Crippen molar-refractivity contribution in [2.45, 2.75) is 19.6 Å². The minimum atomic E-state index is -4.55. The van der Waals surface area contributed by atoms with Gasteiger partial charge < -0.3 is 16.0 Å². The molecule has 0 radical (unpaired) electrons. The van der Waals surface area contributed by atoms with Crippen LogP contribution in [0.2, 0.25) is 5.02 Å². The quantitative estimate of drug-likeness (QED) is 0.277. The summed E-state index contributed by atoms with van der Waals surface area (Å²) >= 11 is 6.17. The number of carbonyl (C=O) groups excluding carboxylic acids is 1. The number of piperazine rings is 1. The molecule has 6 nitrogen and oxygen atoms in total. The number of likely N-dealkylation sites (N-methyl/N-ethyl adjacent to an activating group) is 1. The number of aromatic nitrogens is 1. The number of rotatable bonds is 4. The number of amides is 1. The molecule has 0 bridgehead atoms. The van der Waals surface area contributed by atoms with Gasteiger partial charge in [-0.25, -0.2) is 4.98 Å². The summed E-state index contributed by atoms with van der Waals surface area (Å²) in [5.41, 5.74) is 7.84. The molecule has 10 heteroatoms. The number of benzene rings is 3. The van der Waals surface area contributed by atoms with Gasteiger partial charge in [0.1, 0.15) is 5.82 Å². The summed E-state index contributed by atoms with van der Waals surface area (Å²) in [5.74, 6) is 5.92. The van der Waals surface area contributed by atoms with E-state index in [1.165, 1.54) is 12.1 Å². The summed E-state index contributed by atoms with van der Waals surface area (Å²) in [5, 5.41) is 4.79. The van der Waals surface area contributed by atoms with E-state index in [2.05, 4.69) is 27.0 Å². The lowest BCUT2D eigenvalue weighted by Crippen LogP contribution is -2.44. The lowest BCUT2D eigenvalue weighted by atomic mass is 10.0. The number of nitrogens with one attached hydrogen (secondary N) is 1. The third-order valence-electron chi connectivity index (χ3n) is 7.36. The van der Waals surface area contributed by atoms with Gasteiger partial charge in [0.2, 0.25) is 0 Å². The smallest absolute Gasteiger partial charge is 0.383 e. The number of hydrogen-bond donors (Lipinski definition) is 2. The molecule has 5 rings (SSSR count). The molecule has 42 heavy (non-hydrogen) atoms. The van der Waals surface area contributed by atoms with Crippen molar-refractivity contribution in [1.82, 2.24) is 14.8 Å². The number of hydrogen-bond acceptors (Lipinski definition) is 5. The minimum absolute atomic E-state index is 0.0774. The van der Waals surface area contributed by atoms with Crippen molar-refractivity contribution in [2.75, 3.05) is 44.3 Å². The molecular formula is C32H29ClF3N5O. The van der Waals surface area contributed by atoms with E-state index in [0.29, 0.717) is 34.8 Å². The Kier molecular flexibility index (Phi) is 8.41. The summed E-state index contributed by atoms with van der Waals surface area (Å²) in [7, 11) is 2.00. The van der Waals surface area contributed by atoms with Crippen molar-refractivity contribution in [2.24, 2.45) is 0 Å². The first kappa shape index (κ1) is 29.4. The molecule has 1 amide bonds. The van der Waals surface area contributed by atoms with Gasteiger partial charge in [-0.05, 0) is 67.6 Å². The van der Waals surface area contributed by atoms with E-state index in [-0.39, 0.29) is 23.6 Å². The summed E-state index contributed by atoms with van der Waals surface area (Å²) in [6, 6.07) is 14.3. The zero-order valence-corrected chi connectivity index (χ0v) is 23.9. The van der Waals surface area contributed by atoms with Crippen molar-refractivity contribution in [3.63, 3.8) is 0 Å². The van der Waals surface area contributed by atoms with Crippen LogP contribution in [0, 0.1) is 18.8 Å². The van der Waals surface area contributed by atoms with Gasteiger partial charge in [-0.3, -0.25) is 9.69 Å². The molecule has 0 unspecified atom stereocenters. The van der Waals surface area contributed by atoms with Gasteiger partial charge in [0.15, 0.2) is 0 Å². The van der Waals surface area contributed by atoms with Crippen LogP contribution in [0.3, 0.4) is 0 Å². The van der Waals surface area contributed by atoms with Gasteiger partial charge >= 0.3 is 6.18 Å². The molecule has 4 aromatic rings. The van der Waals surface area contributed by atoms with Crippen LogP contribution in [0.4, 0.5) is 24.7 Å². The molecule has 3 aromatic carbocycles. The first-order valence-electron chi connectivity index (χ1n) is 13.4. The molecule has 0 aliphatic carbocycles. The fourth-order valence-corrected chi connectivity index (χ4v) is 5.08. The highest BCUT2D eigenvalue weighted by atomic mass is 35.5. The summed E-state index contributed by atoms with van der Waals surface area (Å²) in [4.78, 5) is 21.4. The maximum absolute atomic E-state index is 14.0. The van der Waals surface area contributed by atoms with Gasteiger partial charge in [0.05, 0.1) is 11.1 Å². The molecule has 0 atom stereocenters. The number of nitrogens with two attached hydrogens (primary N) is 1. The normalized spacial score (nSPS) is 14.4. The molecule has 0 saturated carbocycles. The highest BCUT2D eigenvalue weighted by Gasteiger charge is 2.34. The molecule has 0 spiro atoms. The van der Waals surface area contributed by atoms with Crippen molar-refractivity contribution in [3.8, 4) is 11.8 Å². The molecule has 2 heterocycles. The van der Waals surface area contributed by atoms with E-state index in [4.69, 9.17) is 17.3 Å². The Hall–Kier alpha value is -4.10. The number of anilines is 2. The van der Waals surface area contributed by atoms with Crippen LogP contribution >= 0.6 is 11.6 Å². The molecular weight excluding hydrogens is 563 g/mol. The Morgan fingerprint density at radius 2 is 1.81 bits per heavy atom. The van der Waals surface area contributed by atoms with Crippen LogP contribution in [0.25, 0.3) is 10.8 Å². The van der Waals surface area contributed by atoms with Crippen LogP contribution in [-0.4, -0.2) is 53.9 Å². The van der Waals surface area contributed by atoms with Gasteiger partial charge in [-0.2, -0.15) is 13.2 Å². The second-order valence-corrected chi connectivity index (χ2v) is 10.9. The number of fused-ring (bicyclic) bond motifs is 1. The van der Waals surface area contributed by atoms with E-state index in [1.54, 1.807) is 43.5 Å². The van der Waals surface area contributed by atoms with Crippen molar-refractivity contribution < 1.29 is 18.0 Å². The summed E-state index contributed by atoms with van der Waals surface area (Å²) in [6.07, 6.45) is -2.89. The maximum atomic E-state index is 14.0. The molecule has 216 valence electrons. The van der Waals surface area contributed by atoms with Crippen LogP contribution in [-0.2, 0) is 12.7 Å². The average molecular weight is 592 g/mol. The maximum Gasteiger partial charge on any atom is 0.416 e. The number of halogens is 4. The SMILES string of the molecule is Cc1cc(C(=O)Nc2ccc(CN3CCN(C)CC3)c(C(F)(F)F)c2)ccc1C#Cc1c(N)ncc2ccc(Cl)cc12. The van der Waals surface area contributed by atoms with Gasteiger partial charge in [0, 0.05) is 71.5 Å². The highest BCUT2D eigenvalue weighted by molar-refractivity contribution is 6.31. The Morgan fingerprint density at radius 3 is 2.52 bits per heavy atom. The third kappa shape index (κ3) is 6.68. The van der Waals surface area contributed by atoms with E-state index in [9.17, 15) is 18.0 Å². The molecule has 1 fully saturated rings. The fourth-order valence-electron chi connectivity index (χ4n) is 4.91. The van der Waals surface area contributed by atoms with Crippen LogP contribution < -0.4 is 11.1 Å². The number of pyridine rings is 1. The topological polar surface area (TPSA) is 74.5 Å². The van der Waals surface area contributed by atoms with Gasteiger partial charge in [0.25, 0.3) is 5.91 Å². The van der Waals surface area contributed by atoms with Crippen molar-refractivity contribution in [3.05, 3.63) is 99.2 Å². The largest absolute Gasteiger partial charge is 0.416 e. The van der Waals surface area contributed by atoms with Crippen LogP contribution in [0.1, 0.15) is 38.2 Å². The second kappa shape index (κ2) is 12.0. The third-order valence-corrected chi connectivity index (χ3v) is 7.59. The van der Waals surface area contributed by atoms with E-state index < -0.39 is 17.6 Å². The average Bonchev–Trinajstić information content (AvgIpc) is 2.94. The van der Waals surface area contributed by atoms with E-state index in [0.717, 1.165) is 35.5 Å². The first-order chi connectivity index (χ1) is 20.0. The predicted molar refractivity (Wildman–Crippen MR) is 160 cm³/mol. The Labute approximate surface area is 247 Å². The van der Waals surface area contributed by atoms with E-state index >= 15 is 0 Å². The first-order valence-corrected chi connectivity index (χ1v) is 13.7. The number of nitrogen functional groups attached to an aromatic ring is 1. The van der Waals surface area contributed by atoms with Gasteiger partial charge in [-0.15, -0.1) is 0 Å². The molecule has 3 N–H and O–H groups in total.